The fourth-order valence-electron chi connectivity index (χ4n) is 3.02. The quantitative estimate of drug-likeness (QED) is 0.762. The maximum atomic E-state index is 13.5. The smallest absolute Gasteiger partial charge is 0.183 e. The van der Waals surface area contributed by atoms with Crippen molar-refractivity contribution in [3.05, 3.63) is 59.7 Å². The standard InChI is InChI=1S/C17H19FN2O4S2/c1-12-8-14(5-6-15(12)18)26(23,24)17-11-25(21,22)10-16(17)20-9-13-4-2-3-7-19-13/h2-8,16-17,20H,9-11H2,1H3/t16-,17-/m1/s1. The lowest BCUT2D eigenvalue weighted by atomic mass is 10.2. The molecule has 1 aliphatic heterocycles. The number of nitrogens with zero attached hydrogens (tertiary/aromatic N) is 1. The van der Waals surface area contributed by atoms with Gasteiger partial charge in [-0.3, -0.25) is 4.98 Å². The number of pyridine rings is 1. The Balaban J connectivity index is 1.88. The average Bonchev–Trinajstić information content (AvgIpc) is 2.92. The second-order valence-corrected chi connectivity index (χ2v) is 10.7. The van der Waals surface area contributed by atoms with Crippen molar-refractivity contribution in [3.63, 3.8) is 0 Å². The van der Waals surface area contributed by atoms with Crippen LogP contribution in [0.2, 0.25) is 0 Å². The molecule has 2 aromatic rings. The van der Waals surface area contributed by atoms with E-state index in [0.717, 1.165) is 6.07 Å². The van der Waals surface area contributed by atoms with Gasteiger partial charge in [0.25, 0.3) is 0 Å². The van der Waals surface area contributed by atoms with E-state index in [0.29, 0.717) is 5.69 Å². The van der Waals surface area contributed by atoms with Gasteiger partial charge in [-0.05, 0) is 42.8 Å². The lowest BCUT2D eigenvalue weighted by Gasteiger charge is -2.20. The van der Waals surface area contributed by atoms with Crippen molar-refractivity contribution in [2.75, 3.05) is 11.5 Å². The highest BCUT2D eigenvalue weighted by Gasteiger charge is 2.45. The van der Waals surface area contributed by atoms with Crippen molar-refractivity contribution in [1.82, 2.24) is 10.3 Å². The Bertz CT molecular complexity index is 1010. The molecule has 0 aliphatic carbocycles. The van der Waals surface area contributed by atoms with Crippen LogP contribution >= 0.6 is 0 Å². The molecule has 0 saturated carbocycles. The van der Waals surface area contributed by atoms with Crippen LogP contribution in [0.25, 0.3) is 0 Å². The van der Waals surface area contributed by atoms with Gasteiger partial charge in [-0.25, -0.2) is 21.2 Å². The maximum absolute atomic E-state index is 13.5. The molecule has 0 unspecified atom stereocenters. The molecule has 26 heavy (non-hydrogen) atoms. The van der Waals surface area contributed by atoms with E-state index in [2.05, 4.69) is 10.3 Å². The average molecular weight is 398 g/mol. The van der Waals surface area contributed by atoms with Gasteiger partial charge in [-0.15, -0.1) is 0 Å². The molecule has 1 aromatic heterocycles. The summed E-state index contributed by atoms with van der Waals surface area (Å²) in [5.41, 5.74) is 0.885. The van der Waals surface area contributed by atoms with Gasteiger partial charge in [0.05, 0.1) is 27.3 Å². The largest absolute Gasteiger partial charge is 0.306 e. The number of hydrogen-bond donors (Lipinski definition) is 1. The number of sulfone groups is 2. The number of nitrogens with one attached hydrogen (secondary N) is 1. The SMILES string of the molecule is Cc1cc(S(=O)(=O)[C@@H]2CS(=O)(=O)C[C@H]2NCc2ccccn2)ccc1F. The van der Waals surface area contributed by atoms with Crippen molar-refractivity contribution in [1.29, 1.82) is 0 Å². The predicted molar refractivity (Wildman–Crippen MR) is 95.6 cm³/mol. The minimum absolute atomic E-state index is 0.0665. The van der Waals surface area contributed by atoms with Gasteiger partial charge in [0.1, 0.15) is 5.82 Å². The van der Waals surface area contributed by atoms with Gasteiger partial charge in [-0.2, -0.15) is 0 Å². The summed E-state index contributed by atoms with van der Waals surface area (Å²) in [6.07, 6.45) is 1.61. The van der Waals surface area contributed by atoms with Crippen LogP contribution in [0.4, 0.5) is 4.39 Å². The van der Waals surface area contributed by atoms with E-state index in [9.17, 15) is 21.2 Å². The summed E-state index contributed by atoms with van der Waals surface area (Å²) in [4.78, 5) is 4.07. The molecule has 0 radical (unpaired) electrons. The van der Waals surface area contributed by atoms with Crippen LogP contribution in [0.1, 0.15) is 11.3 Å². The van der Waals surface area contributed by atoms with Crippen molar-refractivity contribution < 1.29 is 21.2 Å². The highest BCUT2D eigenvalue weighted by Crippen LogP contribution is 2.27. The highest BCUT2D eigenvalue weighted by atomic mass is 32.2. The summed E-state index contributed by atoms with van der Waals surface area (Å²) in [7, 11) is -7.43. The lowest BCUT2D eigenvalue weighted by Crippen LogP contribution is -2.43. The van der Waals surface area contributed by atoms with Crippen LogP contribution < -0.4 is 5.32 Å². The fourth-order valence-corrected chi connectivity index (χ4v) is 7.82. The second-order valence-electron chi connectivity index (χ2n) is 6.38. The molecule has 0 bridgehead atoms. The van der Waals surface area contributed by atoms with E-state index in [1.807, 2.05) is 0 Å². The third kappa shape index (κ3) is 3.94. The van der Waals surface area contributed by atoms with Crippen LogP contribution in [0.5, 0.6) is 0 Å². The molecule has 1 aromatic carbocycles. The Morgan fingerprint density at radius 3 is 2.65 bits per heavy atom. The molecule has 1 N–H and O–H groups in total. The van der Waals surface area contributed by atoms with E-state index in [-0.39, 0.29) is 22.8 Å². The zero-order valence-corrected chi connectivity index (χ0v) is 15.7. The zero-order chi connectivity index (χ0) is 18.9. The normalized spacial score (nSPS) is 22.4. The summed E-state index contributed by atoms with van der Waals surface area (Å²) in [6, 6.07) is 8.07. The molecule has 140 valence electrons. The second kappa shape index (κ2) is 7.05. The summed E-state index contributed by atoms with van der Waals surface area (Å²) in [6.45, 7) is 1.73. The maximum Gasteiger partial charge on any atom is 0.183 e. The summed E-state index contributed by atoms with van der Waals surface area (Å²) in [5.74, 6) is -1.22. The Morgan fingerprint density at radius 1 is 1.23 bits per heavy atom. The third-order valence-electron chi connectivity index (χ3n) is 4.43. The van der Waals surface area contributed by atoms with Crippen molar-refractivity contribution in [2.45, 2.75) is 29.7 Å². The minimum Gasteiger partial charge on any atom is -0.306 e. The molecule has 2 heterocycles. The van der Waals surface area contributed by atoms with Crippen LogP contribution in [0.3, 0.4) is 0 Å². The van der Waals surface area contributed by atoms with Crippen molar-refractivity contribution in [2.24, 2.45) is 0 Å². The number of hydrogen-bond acceptors (Lipinski definition) is 6. The molecule has 1 aliphatic rings. The Morgan fingerprint density at radius 2 is 2.00 bits per heavy atom. The Hall–Kier alpha value is -1.84. The molecule has 2 atom stereocenters. The lowest BCUT2D eigenvalue weighted by molar-refractivity contribution is 0.522. The van der Waals surface area contributed by atoms with Crippen LogP contribution in [-0.4, -0.2) is 44.6 Å². The Kier molecular flexibility index (Phi) is 5.14. The van der Waals surface area contributed by atoms with E-state index < -0.39 is 42.5 Å². The first kappa shape index (κ1) is 18.9. The van der Waals surface area contributed by atoms with Crippen LogP contribution in [0.15, 0.2) is 47.5 Å². The molecular weight excluding hydrogens is 379 g/mol. The van der Waals surface area contributed by atoms with Crippen molar-refractivity contribution >= 4 is 19.7 Å². The molecule has 9 heteroatoms. The van der Waals surface area contributed by atoms with Gasteiger partial charge < -0.3 is 5.32 Å². The van der Waals surface area contributed by atoms with Gasteiger partial charge in [0.15, 0.2) is 19.7 Å². The Labute approximate surface area is 152 Å². The summed E-state index contributed by atoms with van der Waals surface area (Å²) >= 11 is 0. The topological polar surface area (TPSA) is 93.2 Å². The van der Waals surface area contributed by atoms with Crippen LogP contribution in [0, 0.1) is 12.7 Å². The minimum atomic E-state index is -3.93. The van der Waals surface area contributed by atoms with Crippen molar-refractivity contribution in [3.8, 4) is 0 Å². The van der Waals surface area contributed by atoms with E-state index in [4.69, 9.17) is 0 Å². The molecule has 1 fully saturated rings. The van der Waals surface area contributed by atoms with Crippen LogP contribution in [-0.2, 0) is 26.2 Å². The molecule has 0 amide bonds. The number of aromatic nitrogens is 1. The number of aryl methyl sites for hydroxylation is 1. The van der Waals surface area contributed by atoms with E-state index in [1.165, 1.54) is 19.1 Å². The first-order valence-corrected chi connectivity index (χ1v) is 11.4. The molecule has 3 rings (SSSR count). The number of benzene rings is 1. The monoisotopic (exact) mass is 398 g/mol. The fraction of sp³-hybridized carbons (Fsp3) is 0.353. The molecular formula is C17H19FN2O4S2. The van der Waals surface area contributed by atoms with Gasteiger partial charge in [-0.1, -0.05) is 6.07 Å². The van der Waals surface area contributed by atoms with Gasteiger partial charge >= 0.3 is 0 Å². The first-order chi connectivity index (χ1) is 12.2. The van der Waals surface area contributed by atoms with E-state index >= 15 is 0 Å². The number of rotatable bonds is 5. The highest BCUT2D eigenvalue weighted by molar-refractivity contribution is 7.96. The third-order valence-corrected chi connectivity index (χ3v) is 8.58. The summed E-state index contributed by atoms with van der Waals surface area (Å²) in [5, 5.41) is 1.89. The molecule has 0 spiro atoms. The van der Waals surface area contributed by atoms with Gasteiger partial charge in [0, 0.05) is 18.8 Å². The van der Waals surface area contributed by atoms with Gasteiger partial charge in [0.2, 0.25) is 0 Å². The predicted octanol–water partition coefficient (Wildman–Crippen LogP) is 1.26. The number of halogens is 1. The van der Waals surface area contributed by atoms with E-state index in [1.54, 1.807) is 24.4 Å². The molecule has 1 saturated heterocycles. The first-order valence-electron chi connectivity index (χ1n) is 8.03. The summed E-state index contributed by atoms with van der Waals surface area (Å²) < 4.78 is 63.6. The zero-order valence-electron chi connectivity index (χ0n) is 14.1. The molecule has 6 nitrogen and oxygen atoms in total.